The van der Waals surface area contributed by atoms with Gasteiger partial charge < -0.3 is 20.1 Å². The highest BCUT2D eigenvalue weighted by molar-refractivity contribution is 5.94. The summed E-state index contributed by atoms with van der Waals surface area (Å²) < 4.78 is 5.58. The smallest absolute Gasteiger partial charge is 0.407 e. The van der Waals surface area contributed by atoms with Crippen molar-refractivity contribution in [2.45, 2.75) is 50.1 Å². The third-order valence-corrected chi connectivity index (χ3v) is 7.47. The Morgan fingerprint density at radius 3 is 2.36 bits per heavy atom. The first-order valence-corrected chi connectivity index (χ1v) is 11.6. The largest absolute Gasteiger partial charge is 0.479 e. The zero-order chi connectivity index (χ0) is 23.2. The van der Waals surface area contributed by atoms with E-state index in [2.05, 4.69) is 17.4 Å². The maximum Gasteiger partial charge on any atom is 0.407 e. The number of hydrogen-bond acceptors (Lipinski definition) is 4. The quantitative estimate of drug-likeness (QED) is 0.701. The maximum atomic E-state index is 13.2. The first kappa shape index (κ1) is 21.5. The molecule has 2 N–H and O–H groups in total. The van der Waals surface area contributed by atoms with Gasteiger partial charge in [0.25, 0.3) is 0 Å². The fourth-order valence-electron chi connectivity index (χ4n) is 5.68. The Balaban J connectivity index is 1.25. The molecule has 0 aromatic heterocycles. The number of ether oxygens (including phenoxy) is 1. The average molecular weight is 449 g/mol. The van der Waals surface area contributed by atoms with E-state index in [1.165, 1.54) is 4.90 Å². The lowest BCUT2D eigenvalue weighted by molar-refractivity contribution is -0.155. The van der Waals surface area contributed by atoms with Crippen molar-refractivity contribution in [1.29, 1.82) is 0 Å². The van der Waals surface area contributed by atoms with Crippen LogP contribution in [0.2, 0.25) is 0 Å². The van der Waals surface area contributed by atoms with Crippen molar-refractivity contribution in [2.75, 3.05) is 13.2 Å². The van der Waals surface area contributed by atoms with E-state index in [1.807, 2.05) is 36.4 Å². The second-order valence-electron chi connectivity index (χ2n) is 9.19. The SMILES string of the molecule is CCC(NC(=O)OCC1c2ccccc2-c2ccccc21)C(=O)N1CCC[C@H]2C[C@]21C(=O)O. The number of carboxylic acids is 1. The number of nitrogens with one attached hydrogen (secondary N) is 1. The minimum Gasteiger partial charge on any atom is -0.479 e. The fraction of sp³-hybridized carbons (Fsp3) is 0.423. The normalized spacial score (nSPS) is 23.7. The molecule has 1 heterocycles. The minimum atomic E-state index is -1.09. The first-order chi connectivity index (χ1) is 16.0. The Morgan fingerprint density at radius 1 is 1.12 bits per heavy atom. The Hall–Kier alpha value is -3.35. The average Bonchev–Trinajstić information content (AvgIpc) is 3.52. The zero-order valence-electron chi connectivity index (χ0n) is 18.6. The number of benzene rings is 2. The number of hydrogen-bond donors (Lipinski definition) is 2. The summed E-state index contributed by atoms with van der Waals surface area (Å²) in [5.74, 6) is -1.34. The van der Waals surface area contributed by atoms with Gasteiger partial charge in [-0.15, -0.1) is 0 Å². The number of carbonyl (C=O) groups is 3. The van der Waals surface area contributed by atoms with Gasteiger partial charge in [0.05, 0.1) is 0 Å². The van der Waals surface area contributed by atoms with Gasteiger partial charge in [-0.1, -0.05) is 55.5 Å². The van der Waals surface area contributed by atoms with Gasteiger partial charge in [-0.05, 0) is 53.9 Å². The minimum absolute atomic E-state index is 0.0136. The summed E-state index contributed by atoms with van der Waals surface area (Å²) in [5, 5.41) is 12.4. The van der Waals surface area contributed by atoms with Crippen LogP contribution in [0.5, 0.6) is 0 Å². The number of piperidine rings is 1. The number of amides is 2. The summed E-state index contributed by atoms with van der Waals surface area (Å²) in [7, 11) is 0. The molecule has 1 aliphatic heterocycles. The summed E-state index contributed by atoms with van der Waals surface area (Å²) in [6.45, 7) is 2.37. The molecule has 7 nitrogen and oxygen atoms in total. The maximum absolute atomic E-state index is 13.2. The van der Waals surface area contributed by atoms with Gasteiger partial charge in [0, 0.05) is 12.5 Å². The highest BCUT2D eigenvalue weighted by Gasteiger charge is 2.67. The summed E-state index contributed by atoms with van der Waals surface area (Å²) in [6.07, 6.45) is 1.81. The molecular formula is C26H28N2O5. The Bertz CT molecular complexity index is 1070. The highest BCUT2D eigenvalue weighted by atomic mass is 16.5. The lowest BCUT2D eigenvalue weighted by atomic mass is 9.98. The van der Waals surface area contributed by atoms with Crippen LogP contribution in [0.4, 0.5) is 4.79 Å². The number of fused-ring (bicyclic) bond motifs is 4. The standard InChI is InChI=1S/C26H28N2O5/c1-2-22(23(29)28-13-7-8-16-14-26(16,28)24(30)31)27-25(32)33-15-21-19-11-5-3-9-17(19)18-10-4-6-12-20(18)21/h3-6,9-12,16,21-22H,2,7-8,13-15H2,1H3,(H,27,32)(H,30,31)/t16-,22?,26+/m0/s1. The lowest BCUT2D eigenvalue weighted by Gasteiger charge is -2.36. The number of likely N-dealkylation sites (tertiary alicyclic amines) is 1. The van der Waals surface area contributed by atoms with Gasteiger partial charge in [0.1, 0.15) is 18.2 Å². The molecule has 172 valence electrons. The zero-order valence-corrected chi connectivity index (χ0v) is 18.6. The Morgan fingerprint density at radius 2 is 1.76 bits per heavy atom. The molecule has 2 fully saturated rings. The van der Waals surface area contributed by atoms with Crippen molar-refractivity contribution in [3.8, 4) is 11.1 Å². The monoisotopic (exact) mass is 448 g/mol. The van der Waals surface area contributed by atoms with Crippen molar-refractivity contribution >= 4 is 18.0 Å². The Kier molecular flexibility index (Phi) is 5.35. The summed E-state index contributed by atoms with van der Waals surface area (Å²) in [6, 6.07) is 15.4. The van der Waals surface area contributed by atoms with E-state index in [1.54, 1.807) is 6.92 Å². The van der Waals surface area contributed by atoms with Crippen LogP contribution in [0.3, 0.4) is 0 Å². The van der Waals surface area contributed by atoms with Gasteiger partial charge in [0.15, 0.2) is 0 Å². The molecule has 0 spiro atoms. The van der Waals surface area contributed by atoms with Gasteiger partial charge in [-0.3, -0.25) is 4.79 Å². The topological polar surface area (TPSA) is 95.9 Å². The van der Waals surface area contributed by atoms with Crippen molar-refractivity contribution in [2.24, 2.45) is 5.92 Å². The van der Waals surface area contributed by atoms with Crippen molar-refractivity contribution in [3.05, 3.63) is 59.7 Å². The third kappa shape index (κ3) is 3.46. The van der Waals surface area contributed by atoms with Gasteiger partial charge >= 0.3 is 12.1 Å². The van der Waals surface area contributed by atoms with E-state index in [-0.39, 0.29) is 24.3 Å². The van der Waals surface area contributed by atoms with Crippen LogP contribution in [-0.4, -0.2) is 52.7 Å². The molecule has 1 saturated carbocycles. The molecular weight excluding hydrogens is 420 g/mol. The molecule has 1 saturated heterocycles. The molecule has 2 aromatic carbocycles. The second kappa shape index (κ2) is 8.21. The molecule has 2 aliphatic carbocycles. The van der Waals surface area contributed by atoms with Crippen LogP contribution in [0.1, 0.15) is 49.7 Å². The molecule has 2 amide bonds. The van der Waals surface area contributed by atoms with Crippen LogP contribution >= 0.6 is 0 Å². The van der Waals surface area contributed by atoms with E-state index < -0.39 is 23.6 Å². The molecule has 3 aliphatic rings. The van der Waals surface area contributed by atoms with E-state index in [4.69, 9.17) is 4.74 Å². The van der Waals surface area contributed by atoms with Crippen LogP contribution in [0.25, 0.3) is 11.1 Å². The lowest BCUT2D eigenvalue weighted by Crippen LogP contribution is -2.57. The molecule has 5 rings (SSSR count). The third-order valence-electron chi connectivity index (χ3n) is 7.47. The van der Waals surface area contributed by atoms with Gasteiger partial charge in [0.2, 0.25) is 5.91 Å². The highest BCUT2D eigenvalue weighted by Crippen LogP contribution is 2.54. The molecule has 3 atom stereocenters. The van der Waals surface area contributed by atoms with Crippen LogP contribution in [0.15, 0.2) is 48.5 Å². The van der Waals surface area contributed by atoms with Crippen LogP contribution in [0, 0.1) is 5.92 Å². The molecule has 1 unspecified atom stereocenters. The van der Waals surface area contributed by atoms with Crippen molar-refractivity contribution in [1.82, 2.24) is 10.2 Å². The molecule has 2 aromatic rings. The van der Waals surface area contributed by atoms with E-state index in [0.29, 0.717) is 19.4 Å². The van der Waals surface area contributed by atoms with Crippen LogP contribution < -0.4 is 5.32 Å². The van der Waals surface area contributed by atoms with Gasteiger partial charge in [-0.2, -0.15) is 0 Å². The number of rotatable bonds is 6. The van der Waals surface area contributed by atoms with E-state index in [0.717, 1.165) is 35.1 Å². The number of nitrogens with zero attached hydrogens (tertiary/aromatic N) is 1. The number of carbonyl (C=O) groups excluding carboxylic acids is 2. The van der Waals surface area contributed by atoms with Gasteiger partial charge in [-0.25, -0.2) is 9.59 Å². The van der Waals surface area contributed by atoms with E-state index >= 15 is 0 Å². The predicted molar refractivity (Wildman–Crippen MR) is 122 cm³/mol. The molecule has 33 heavy (non-hydrogen) atoms. The van der Waals surface area contributed by atoms with Crippen LogP contribution in [-0.2, 0) is 14.3 Å². The summed E-state index contributed by atoms with van der Waals surface area (Å²) >= 11 is 0. The summed E-state index contributed by atoms with van der Waals surface area (Å²) in [4.78, 5) is 39.2. The summed E-state index contributed by atoms with van der Waals surface area (Å²) in [5.41, 5.74) is 3.43. The second-order valence-corrected chi connectivity index (χ2v) is 9.19. The number of alkyl carbamates (subject to hydrolysis) is 1. The molecule has 0 bridgehead atoms. The van der Waals surface area contributed by atoms with E-state index in [9.17, 15) is 19.5 Å². The number of carboxylic acid groups (broad SMARTS) is 1. The first-order valence-electron chi connectivity index (χ1n) is 11.6. The van der Waals surface area contributed by atoms with Crippen molar-refractivity contribution < 1.29 is 24.2 Å². The Labute approximate surface area is 192 Å². The fourth-order valence-corrected chi connectivity index (χ4v) is 5.68. The molecule has 0 radical (unpaired) electrons. The number of aliphatic carboxylic acids is 1. The predicted octanol–water partition coefficient (Wildman–Crippen LogP) is 3.77. The molecule has 7 heteroatoms. The van der Waals surface area contributed by atoms with Crippen molar-refractivity contribution in [3.63, 3.8) is 0 Å².